The third-order valence-corrected chi connectivity index (χ3v) is 3.31. The first-order chi connectivity index (χ1) is 8.75. The third-order valence-electron chi connectivity index (χ3n) is 3.31. The van der Waals surface area contributed by atoms with Crippen LogP contribution in [0.15, 0.2) is 42.6 Å². The van der Waals surface area contributed by atoms with Crippen molar-refractivity contribution in [3.05, 3.63) is 65.1 Å². The van der Waals surface area contributed by atoms with Gasteiger partial charge in [-0.3, -0.25) is 4.40 Å². The number of aryl methyl sites for hydroxylation is 2. The lowest BCUT2D eigenvalue weighted by Crippen LogP contribution is -1.98. The molecule has 0 saturated carbocycles. The lowest BCUT2D eigenvalue weighted by Gasteiger charge is -2.04. The van der Waals surface area contributed by atoms with Gasteiger partial charge in [0.1, 0.15) is 5.82 Å². The van der Waals surface area contributed by atoms with E-state index in [1.54, 1.807) is 0 Å². The third kappa shape index (κ3) is 1.78. The van der Waals surface area contributed by atoms with Gasteiger partial charge in [-0.1, -0.05) is 30.3 Å². The molecule has 0 bridgehead atoms. The van der Waals surface area contributed by atoms with Crippen molar-refractivity contribution in [3.63, 3.8) is 0 Å². The Hall–Kier alpha value is -2.16. The molecular weight excluding hydrogens is 222 g/mol. The quantitative estimate of drug-likeness (QED) is 0.686. The summed E-state index contributed by atoms with van der Waals surface area (Å²) in [7, 11) is 0. The Morgan fingerprint density at radius 2 is 1.72 bits per heavy atom. The monoisotopic (exact) mass is 237 g/mol. The van der Waals surface area contributed by atoms with E-state index in [-0.39, 0.29) is 0 Å². The largest absolute Gasteiger partial charge is 0.286 e. The van der Waals surface area contributed by atoms with Crippen molar-refractivity contribution in [1.29, 1.82) is 0 Å². The molecule has 90 valence electrons. The van der Waals surface area contributed by atoms with Gasteiger partial charge in [0.25, 0.3) is 0 Å². The lowest BCUT2D eigenvalue weighted by molar-refractivity contribution is 0.928. The number of aromatic nitrogens is 3. The zero-order chi connectivity index (χ0) is 12.5. The van der Waals surface area contributed by atoms with Crippen LogP contribution in [-0.2, 0) is 6.42 Å². The summed E-state index contributed by atoms with van der Waals surface area (Å²) in [6, 6.07) is 12.5. The van der Waals surface area contributed by atoms with Gasteiger partial charge in [-0.25, -0.2) is 0 Å². The minimum absolute atomic E-state index is 0.817. The van der Waals surface area contributed by atoms with Gasteiger partial charge in [-0.05, 0) is 36.6 Å². The molecule has 2 aromatic heterocycles. The first kappa shape index (κ1) is 11.0. The topological polar surface area (TPSA) is 30.2 Å². The van der Waals surface area contributed by atoms with Crippen molar-refractivity contribution >= 4 is 5.65 Å². The molecule has 0 radical (unpaired) electrons. The standard InChI is InChI=1S/C15H15N3/c1-11-6-3-4-8-13(11)10-14-16-17-15-12(2)7-5-9-18(14)15/h3-9H,10H2,1-2H3. The number of nitrogens with zero attached hydrogens (tertiary/aromatic N) is 3. The van der Waals surface area contributed by atoms with Gasteiger partial charge in [-0.15, -0.1) is 10.2 Å². The Labute approximate surface area is 106 Å². The highest BCUT2D eigenvalue weighted by Gasteiger charge is 2.08. The van der Waals surface area contributed by atoms with Crippen LogP contribution in [0, 0.1) is 13.8 Å². The second-order valence-electron chi connectivity index (χ2n) is 4.60. The van der Waals surface area contributed by atoms with E-state index < -0.39 is 0 Å². The lowest BCUT2D eigenvalue weighted by atomic mass is 10.1. The Kier molecular flexibility index (Phi) is 2.59. The van der Waals surface area contributed by atoms with Crippen LogP contribution in [0.3, 0.4) is 0 Å². The molecule has 0 aliphatic rings. The molecule has 0 aliphatic heterocycles. The van der Waals surface area contributed by atoms with E-state index in [1.807, 2.05) is 12.3 Å². The summed E-state index contributed by atoms with van der Waals surface area (Å²) in [5, 5.41) is 8.56. The molecule has 3 heteroatoms. The van der Waals surface area contributed by atoms with E-state index in [9.17, 15) is 0 Å². The molecule has 18 heavy (non-hydrogen) atoms. The number of hydrogen-bond acceptors (Lipinski definition) is 2. The summed E-state index contributed by atoms with van der Waals surface area (Å²) in [6.07, 6.45) is 2.84. The Bertz CT molecular complexity index is 698. The highest BCUT2D eigenvalue weighted by Crippen LogP contribution is 2.14. The van der Waals surface area contributed by atoms with Crippen LogP contribution in [-0.4, -0.2) is 14.6 Å². The molecule has 3 nitrogen and oxygen atoms in total. The van der Waals surface area contributed by atoms with Crippen LogP contribution in [0.4, 0.5) is 0 Å². The molecule has 0 saturated heterocycles. The van der Waals surface area contributed by atoms with E-state index in [4.69, 9.17) is 0 Å². The van der Waals surface area contributed by atoms with Crippen molar-refractivity contribution < 1.29 is 0 Å². The van der Waals surface area contributed by atoms with Crippen molar-refractivity contribution in [1.82, 2.24) is 14.6 Å². The molecule has 0 amide bonds. The van der Waals surface area contributed by atoms with Crippen molar-refractivity contribution in [3.8, 4) is 0 Å². The van der Waals surface area contributed by atoms with Crippen molar-refractivity contribution in [2.45, 2.75) is 20.3 Å². The first-order valence-electron chi connectivity index (χ1n) is 6.09. The van der Waals surface area contributed by atoms with Crippen LogP contribution < -0.4 is 0 Å². The number of rotatable bonds is 2. The average Bonchev–Trinajstić information content (AvgIpc) is 2.77. The zero-order valence-electron chi connectivity index (χ0n) is 10.6. The number of pyridine rings is 1. The smallest absolute Gasteiger partial charge is 0.163 e. The fraction of sp³-hybridized carbons (Fsp3) is 0.200. The number of hydrogen-bond donors (Lipinski definition) is 0. The molecule has 3 aromatic rings. The van der Waals surface area contributed by atoms with Crippen LogP contribution in [0.5, 0.6) is 0 Å². The second-order valence-corrected chi connectivity index (χ2v) is 4.60. The molecule has 0 unspecified atom stereocenters. The Balaban J connectivity index is 2.06. The van der Waals surface area contributed by atoms with E-state index in [0.29, 0.717) is 0 Å². The van der Waals surface area contributed by atoms with Crippen LogP contribution in [0.1, 0.15) is 22.5 Å². The van der Waals surface area contributed by atoms with E-state index in [0.717, 1.165) is 23.5 Å². The molecule has 0 atom stereocenters. The molecule has 0 spiro atoms. The molecule has 0 fully saturated rings. The minimum Gasteiger partial charge on any atom is -0.286 e. The summed E-state index contributed by atoms with van der Waals surface area (Å²) in [4.78, 5) is 0. The highest BCUT2D eigenvalue weighted by molar-refractivity contribution is 5.46. The fourth-order valence-electron chi connectivity index (χ4n) is 2.20. The predicted molar refractivity (Wildman–Crippen MR) is 71.7 cm³/mol. The molecule has 2 heterocycles. The van der Waals surface area contributed by atoms with E-state index >= 15 is 0 Å². The average molecular weight is 237 g/mol. The number of fused-ring (bicyclic) bond motifs is 1. The SMILES string of the molecule is Cc1ccccc1Cc1nnc2c(C)cccn12. The van der Waals surface area contributed by atoms with Gasteiger partial charge >= 0.3 is 0 Å². The summed E-state index contributed by atoms with van der Waals surface area (Å²) >= 11 is 0. The molecule has 0 N–H and O–H groups in total. The van der Waals surface area contributed by atoms with Crippen molar-refractivity contribution in [2.75, 3.05) is 0 Å². The van der Waals surface area contributed by atoms with Gasteiger partial charge in [-0.2, -0.15) is 0 Å². The Morgan fingerprint density at radius 1 is 0.944 bits per heavy atom. The summed E-state index contributed by atoms with van der Waals surface area (Å²) in [5.41, 5.74) is 4.69. The summed E-state index contributed by atoms with van der Waals surface area (Å²) < 4.78 is 2.07. The number of benzene rings is 1. The molecule has 1 aromatic carbocycles. The van der Waals surface area contributed by atoms with Crippen molar-refractivity contribution in [2.24, 2.45) is 0 Å². The normalized spacial score (nSPS) is 11.0. The summed E-state index contributed by atoms with van der Waals surface area (Å²) in [5.74, 6) is 0.989. The van der Waals surface area contributed by atoms with Crippen LogP contribution in [0.2, 0.25) is 0 Å². The fourth-order valence-corrected chi connectivity index (χ4v) is 2.20. The summed E-state index contributed by atoms with van der Waals surface area (Å²) in [6.45, 7) is 4.19. The van der Waals surface area contributed by atoms with Gasteiger partial charge < -0.3 is 0 Å². The maximum atomic E-state index is 4.31. The second kappa shape index (κ2) is 4.26. The van der Waals surface area contributed by atoms with Gasteiger partial charge in [0.15, 0.2) is 5.65 Å². The zero-order valence-corrected chi connectivity index (χ0v) is 10.6. The van der Waals surface area contributed by atoms with Crippen LogP contribution >= 0.6 is 0 Å². The molecule has 0 aliphatic carbocycles. The highest BCUT2D eigenvalue weighted by atomic mass is 15.2. The molecule has 3 rings (SSSR count). The van der Waals surface area contributed by atoms with Gasteiger partial charge in [0.05, 0.1) is 0 Å². The predicted octanol–water partition coefficient (Wildman–Crippen LogP) is 2.94. The molecular formula is C15H15N3. The van der Waals surface area contributed by atoms with Gasteiger partial charge in [0, 0.05) is 12.6 Å². The van der Waals surface area contributed by atoms with Gasteiger partial charge in [0.2, 0.25) is 0 Å². The maximum Gasteiger partial charge on any atom is 0.163 e. The first-order valence-corrected chi connectivity index (χ1v) is 6.09. The minimum atomic E-state index is 0.817. The van der Waals surface area contributed by atoms with Crippen LogP contribution in [0.25, 0.3) is 5.65 Å². The maximum absolute atomic E-state index is 4.31. The Morgan fingerprint density at radius 3 is 2.56 bits per heavy atom. The van der Waals surface area contributed by atoms with E-state index in [1.165, 1.54) is 11.1 Å². The van der Waals surface area contributed by atoms with E-state index in [2.05, 4.69) is 58.8 Å².